The molecule has 0 aliphatic carbocycles. The summed E-state index contributed by atoms with van der Waals surface area (Å²) < 4.78 is 5.04. The molecule has 1 heterocycles. The lowest BCUT2D eigenvalue weighted by Crippen LogP contribution is -2.15. The third kappa shape index (κ3) is 4.79. The highest BCUT2D eigenvalue weighted by molar-refractivity contribution is 7.99. The summed E-state index contributed by atoms with van der Waals surface area (Å²) in [6.07, 6.45) is 2.10. The van der Waals surface area contributed by atoms with E-state index in [0.29, 0.717) is 17.7 Å². The summed E-state index contributed by atoms with van der Waals surface area (Å²) in [6.45, 7) is 3.48. The Balaban J connectivity index is 2.72. The van der Waals surface area contributed by atoms with E-state index < -0.39 is 0 Å². The van der Waals surface area contributed by atoms with Crippen LogP contribution in [0.3, 0.4) is 0 Å². The van der Waals surface area contributed by atoms with E-state index in [1.165, 1.54) is 0 Å². The molecule has 0 saturated carbocycles. The zero-order valence-electron chi connectivity index (χ0n) is 10.8. The van der Waals surface area contributed by atoms with Gasteiger partial charge in [0.1, 0.15) is 18.2 Å². The van der Waals surface area contributed by atoms with Gasteiger partial charge in [-0.25, -0.2) is 9.97 Å². The number of thioether (sulfide) groups is 1. The standard InChI is InChI=1S/C11H20N4OS/c1-8(17-4)6-13-10-5-9(12-2)14-11(15-10)7-16-3/h5,8H,6-7H2,1-4H3,(H2,12,13,14,15). The van der Waals surface area contributed by atoms with Crippen LogP contribution in [0.1, 0.15) is 12.7 Å². The number of methoxy groups -OCH3 is 1. The van der Waals surface area contributed by atoms with Crippen molar-refractivity contribution >= 4 is 23.4 Å². The highest BCUT2D eigenvalue weighted by Crippen LogP contribution is 2.13. The predicted octanol–water partition coefficient (Wildman–Crippen LogP) is 1.83. The highest BCUT2D eigenvalue weighted by Gasteiger charge is 2.05. The molecule has 1 rings (SSSR count). The van der Waals surface area contributed by atoms with Crippen molar-refractivity contribution in [1.82, 2.24) is 9.97 Å². The number of hydrogen-bond donors (Lipinski definition) is 2. The summed E-state index contributed by atoms with van der Waals surface area (Å²) >= 11 is 1.82. The van der Waals surface area contributed by atoms with Crippen LogP contribution in [-0.2, 0) is 11.3 Å². The van der Waals surface area contributed by atoms with Crippen LogP contribution in [0.4, 0.5) is 11.6 Å². The van der Waals surface area contributed by atoms with Crippen molar-refractivity contribution in [3.63, 3.8) is 0 Å². The van der Waals surface area contributed by atoms with Crippen molar-refractivity contribution in [3.8, 4) is 0 Å². The number of anilines is 2. The van der Waals surface area contributed by atoms with Gasteiger partial charge in [0.05, 0.1) is 0 Å². The van der Waals surface area contributed by atoms with Gasteiger partial charge in [-0.2, -0.15) is 11.8 Å². The maximum Gasteiger partial charge on any atom is 0.158 e. The maximum absolute atomic E-state index is 5.04. The van der Waals surface area contributed by atoms with E-state index in [1.807, 2.05) is 24.9 Å². The highest BCUT2D eigenvalue weighted by atomic mass is 32.2. The van der Waals surface area contributed by atoms with Gasteiger partial charge in [0.15, 0.2) is 5.82 Å². The van der Waals surface area contributed by atoms with E-state index in [4.69, 9.17) is 4.74 Å². The van der Waals surface area contributed by atoms with Crippen LogP contribution in [0.25, 0.3) is 0 Å². The van der Waals surface area contributed by atoms with Crippen LogP contribution in [0.5, 0.6) is 0 Å². The molecule has 0 radical (unpaired) electrons. The van der Waals surface area contributed by atoms with Crippen molar-refractivity contribution in [2.75, 3.05) is 37.6 Å². The van der Waals surface area contributed by atoms with E-state index in [2.05, 4.69) is 33.8 Å². The molecule has 0 amide bonds. The molecule has 2 N–H and O–H groups in total. The lowest BCUT2D eigenvalue weighted by Gasteiger charge is -2.12. The molecule has 1 atom stereocenters. The molecule has 5 nitrogen and oxygen atoms in total. The fourth-order valence-corrected chi connectivity index (χ4v) is 1.49. The average molecular weight is 256 g/mol. The predicted molar refractivity (Wildman–Crippen MR) is 73.8 cm³/mol. The molecule has 96 valence electrons. The summed E-state index contributed by atoms with van der Waals surface area (Å²) in [6, 6.07) is 1.90. The van der Waals surface area contributed by atoms with Gasteiger partial charge in [-0.05, 0) is 6.26 Å². The van der Waals surface area contributed by atoms with Gasteiger partial charge in [0.2, 0.25) is 0 Å². The molecule has 0 saturated heterocycles. The van der Waals surface area contributed by atoms with Crippen molar-refractivity contribution in [3.05, 3.63) is 11.9 Å². The number of nitrogens with one attached hydrogen (secondary N) is 2. The molecule has 0 fully saturated rings. The number of rotatable bonds is 7. The molecule has 0 aromatic carbocycles. The van der Waals surface area contributed by atoms with Crippen molar-refractivity contribution in [2.24, 2.45) is 0 Å². The van der Waals surface area contributed by atoms with Crippen LogP contribution in [0.15, 0.2) is 6.07 Å². The number of nitrogens with zero attached hydrogens (tertiary/aromatic N) is 2. The Hall–Kier alpha value is -1.01. The lowest BCUT2D eigenvalue weighted by molar-refractivity contribution is 0.178. The van der Waals surface area contributed by atoms with Crippen LogP contribution >= 0.6 is 11.8 Å². The topological polar surface area (TPSA) is 59.1 Å². The smallest absolute Gasteiger partial charge is 0.158 e. The Morgan fingerprint density at radius 3 is 2.71 bits per heavy atom. The molecular weight excluding hydrogens is 236 g/mol. The second-order valence-electron chi connectivity index (χ2n) is 3.66. The van der Waals surface area contributed by atoms with Gasteiger partial charge in [-0.1, -0.05) is 6.92 Å². The van der Waals surface area contributed by atoms with Gasteiger partial charge in [0.25, 0.3) is 0 Å². The van der Waals surface area contributed by atoms with E-state index in [-0.39, 0.29) is 0 Å². The largest absolute Gasteiger partial charge is 0.377 e. The molecule has 0 aliphatic heterocycles. The van der Waals surface area contributed by atoms with Gasteiger partial charge in [-0.3, -0.25) is 0 Å². The Kier molecular flexibility index (Phi) is 6.07. The van der Waals surface area contributed by atoms with Crippen molar-refractivity contribution in [1.29, 1.82) is 0 Å². The summed E-state index contributed by atoms with van der Waals surface area (Å²) in [5.74, 6) is 2.31. The summed E-state index contributed by atoms with van der Waals surface area (Å²) in [7, 11) is 3.48. The Labute approximate surface area is 107 Å². The fourth-order valence-electron chi connectivity index (χ4n) is 1.24. The average Bonchev–Trinajstić information content (AvgIpc) is 2.36. The number of hydrogen-bond acceptors (Lipinski definition) is 6. The second-order valence-corrected chi connectivity index (χ2v) is 4.94. The molecule has 6 heteroatoms. The monoisotopic (exact) mass is 256 g/mol. The Morgan fingerprint density at radius 1 is 1.41 bits per heavy atom. The molecule has 1 unspecified atom stereocenters. The van der Waals surface area contributed by atoms with Crippen LogP contribution in [0.2, 0.25) is 0 Å². The molecule has 0 aliphatic rings. The quantitative estimate of drug-likeness (QED) is 0.776. The molecule has 1 aromatic rings. The maximum atomic E-state index is 5.04. The summed E-state index contributed by atoms with van der Waals surface area (Å²) in [5, 5.41) is 6.87. The SMILES string of the molecule is CNc1cc(NCC(C)SC)nc(COC)n1. The normalized spacial score (nSPS) is 12.2. The Bertz CT molecular complexity index is 348. The van der Waals surface area contributed by atoms with E-state index in [0.717, 1.165) is 18.2 Å². The minimum absolute atomic E-state index is 0.419. The molecule has 17 heavy (non-hydrogen) atoms. The third-order valence-corrected chi connectivity index (χ3v) is 3.25. The van der Waals surface area contributed by atoms with E-state index in [9.17, 15) is 0 Å². The number of aromatic nitrogens is 2. The van der Waals surface area contributed by atoms with Crippen LogP contribution < -0.4 is 10.6 Å². The summed E-state index contributed by atoms with van der Waals surface area (Å²) in [4.78, 5) is 8.68. The van der Waals surface area contributed by atoms with Crippen molar-refractivity contribution in [2.45, 2.75) is 18.8 Å². The Morgan fingerprint density at radius 2 is 2.12 bits per heavy atom. The van der Waals surface area contributed by atoms with Crippen LogP contribution in [0, 0.1) is 0 Å². The molecule has 0 spiro atoms. The van der Waals surface area contributed by atoms with Crippen LogP contribution in [-0.4, -0.2) is 42.2 Å². The number of ether oxygens (including phenoxy) is 1. The second kappa shape index (κ2) is 7.34. The zero-order valence-corrected chi connectivity index (χ0v) is 11.6. The molecule has 1 aromatic heterocycles. The van der Waals surface area contributed by atoms with Gasteiger partial charge >= 0.3 is 0 Å². The fraction of sp³-hybridized carbons (Fsp3) is 0.636. The summed E-state index contributed by atoms with van der Waals surface area (Å²) in [5.41, 5.74) is 0. The van der Waals surface area contributed by atoms with Gasteiger partial charge in [0, 0.05) is 32.0 Å². The van der Waals surface area contributed by atoms with E-state index in [1.54, 1.807) is 7.11 Å². The molecule has 0 bridgehead atoms. The lowest BCUT2D eigenvalue weighted by atomic mass is 10.4. The van der Waals surface area contributed by atoms with Gasteiger partial charge in [-0.15, -0.1) is 0 Å². The zero-order chi connectivity index (χ0) is 12.7. The van der Waals surface area contributed by atoms with Crippen molar-refractivity contribution < 1.29 is 4.74 Å². The molecular formula is C11H20N4OS. The van der Waals surface area contributed by atoms with E-state index >= 15 is 0 Å². The first kappa shape index (κ1) is 14.1. The first-order valence-electron chi connectivity index (χ1n) is 5.51. The minimum atomic E-state index is 0.419. The third-order valence-electron chi connectivity index (χ3n) is 2.28. The van der Waals surface area contributed by atoms with Gasteiger partial charge < -0.3 is 15.4 Å². The minimum Gasteiger partial charge on any atom is -0.377 e. The first-order chi connectivity index (χ1) is 8.19. The first-order valence-corrected chi connectivity index (χ1v) is 6.79.